The van der Waals surface area contributed by atoms with Crippen LogP contribution in [0.1, 0.15) is 112 Å². The first kappa shape index (κ1) is 43.8. The molecule has 4 heteroatoms. The van der Waals surface area contributed by atoms with E-state index in [0.717, 1.165) is 11.1 Å². The van der Waals surface area contributed by atoms with Crippen LogP contribution in [0.15, 0.2) is 72.8 Å². The third-order valence-electron chi connectivity index (χ3n) is 8.22. The van der Waals surface area contributed by atoms with Gasteiger partial charge < -0.3 is 25.1 Å². The van der Waals surface area contributed by atoms with Crippen LogP contribution in [0.2, 0.25) is 0 Å². The molecule has 0 aromatic heterocycles. The van der Waals surface area contributed by atoms with Crippen molar-refractivity contribution >= 4 is 6.88 Å². The van der Waals surface area contributed by atoms with Gasteiger partial charge in [-0.05, 0) is 47.9 Å². The van der Waals surface area contributed by atoms with Gasteiger partial charge in [0.2, 0.25) is 0 Å². The Balaban J connectivity index is 0.000000571. The van der Waals surface area contributed by atoms with Gasteiger partial charge in [0.25, 0.3) is 0 Å². The molecule has 0 amide bonds. The van der Waals surface area contributed by atoms with E-state index in [1.165, 1.54) is 85.8 Å². The van der Waals surface area contributed by atoms with Crippen LogP contribution < -0.4 is 0 Å². The van der Waals surface area contributed by atoms with Crippen LogP contribution in [0.4, 0.5) is 0 Å². The third-order valence-corrected chi connectivity index (χ3v) is 8.22. The predicted molar refractivity (Wildman–Crippen MR) is 199 cm³/mol. The van der Waals surface area contributed by atoms with Gasteiger partial charge >= 0.3 is 30.2 Å². The first-order chi connectivity index (χ1) is 20.8. The summed E-state index contributed by atoms with van der Waals surface area (Å²) >= 11 is 1.36. The normalized spacial score (nSPS) is 12.9. The number of phenolic OH excluding ortho intramolecular Hbond substituents is 2. The minimum atomic E-state index is 0. The van der Waals surface area contributed by atoms with Crippen molar-refractivity contribution in [2.75, 3.05) is 0 Å². The average Bonchev–Trinajstić information content (AvgIpc) is 3.66. The zero-order valence-corrected chi connectivity index (χ0v) is 33.9. The fraction of sp³-hybridized carbons (Fsp3) is 0.429. The Bertz CT molecular complexity index is 1270. The van der Waals surface area contributed by atoms with Gasteiger partial charge in [0.1, 0.15) is 11.5 Å². The summed E-state index contributed by atoms with van der Waals surface area (Å²) in [6.07, 6.45) is 10.9. The maximum atomic E-state index is 9.57. The second-order valence-corrected chi connectivity index (χ2v) is 14.1. The molecule has 2 nitrogen and oxygen atoms in total. The average molecular weight is 716 g/mol. The topological polar surface area (TPSA) is 40.5 Å². The molecule has 0 saturated carbocycles. The molecular formula is C42H60O2SiZr-4. The van der Waals surface area contributed by atoms with Crippen molar-refractivity contribution in [3.8, 4) is 11.5 Å². The number of rotatable bonds is 0. The van der Waals surface area contributed by atoms with E-state index in [4.69, 9.17) is 0 Å². The van der Waals surface area contributed by atoms with E-state index in [0.29, 0.717) is 11.5 Å². The number of hydrogen-bond acceptors (Lipinski definition) is 2. The van der Waals surface area contributed by atoms with Gasteiger partial charge in [0.15, 0.2) is 0 Å². The first-order valence-electron chi connectivity index (χ1n) is 16.1. The largest absolute Gasteiger partial charge is 0.210 e. The molecule has 2 aliphatic carbocycles. The zero-order chi connectivity index (χ0) is 32.9. The summed E-state index contributed by atoms with van der Waals surface area (Å²) in [4.78, 5) is 0. The number of hydrogen-bond donors (Lipinski definition) is 2. The number of fused-ring (bicyclic) bond motifs is 2. The number of benzene rings is 2. The van der Waals surface area contributed by atoms with Gasteiger partial charge in [0, 0.05) is 0 Å². The second kappa shape index (κ2) is 20.9. The van der Waals surface area contributed by atoms with Crippen molar-refractivity contribution in [2.24, 2.45) is 0 Å². The molecule has 46 heavy (non-hydrogen) atoms. The molecule has 0 saturated heterocycles. The summed E-state index contributed by atoms with van der Waals surface area (Å²) in [5.41, 5.74) is 10.9. The molecule has 0 bridgehead atoms. The molecule has 2 aliphatic rings. The minimum absolute atomic E-state index is 0. The van der Waals surface area contributed by atoms with E-state index in [2.05, 4.69) is 84.8 Å². The molecule has 252 valence electrons. The van der Waals surface area contributed by atoms with Crippen molar-refractivity contribution in [1.29, 1.82) is 0 Å². The van der Waals surface area contributed by atoms with Gasteiger partial charge in [0.05, 0.1) is 0 Å². The summed E-state index contributed by atoms with van der Waals surface area (Å²) in [5, 5.41) is 19.1. The molecule has 0 heterocycles. The fourth-order valence-corrected chi connectivity index (χ4v) is 5.73. The van der Waals surface area contributed by atoms with Crippen molar-refractivity contribution in [2.45, 2.75) is 118 Å². The molecule has 2 radical (unpaired) electrons. The number of phenols is 2. The van der Waals surface area contributed by atoms with Crippen LogP contribution in [0, 0.1) is 28.7 Å². The summed E-state index contributed by atoms with van der Waals surface area (Å²) in [5.74, 6) is 0.793. The number of aromatic hydroxyl groups is 2. The quantitative estimate of drug-likeness (QED) is 0.141. The Morgan fingerprint density at radius 1 is 0.565 bits per heavy atom. The van der Waals surface area contributed by atoms with E-state index < -0.39 is 0 Å². The Kier molecular flexibility index (Phi) is 20.0. The SMILES string of the molecule is Cc1ccc(O)c(C(C)(C)C)c1.Cc1ccc(O)c(C(C)(C)C)c1.[CH3-].[CH3-].[Si]=[Zr].c1cc2c([cH-]1)CCCC2.c1cc2c([cH-]1)CCCC2. The number of aryl methyl sites for hydroxylation is 6. The van der Waals surface area contributed by atoms with Crippen LogP contribution >= 0.6 is 0 Å². The van der Waals surface area contributed by atoms with Gasteiger partial charge in [-0.1, -0.05) is 128 Å². The van der Waals surface area contributed by atoms with Gasteiger partial charge in [-0.25, -0.2) is 12.1 Å². The van der Waals surface area contributed by atoms with E-state index in [9.17, 15) is 10.2 Å². The van der Waals surface area contributed by atoms with E-state index in [1.807, 2.05) is 38.1 Å². The molecule has 0 atom stereocenters. The maximum Gasteiger partial charge on any atom is -0.0512 e. The van der Waals surface area contributed by atoms with Crippen LogP contribution in [0.25, 0.3) is 0 Å². The molecule has 2 N–H and O–H groups in total. The smallest absolute Gasteiger partial charge is 0.0512 e. The predicted octanol–water partition coefficient (Wildman–Crippen LogP) is 11.1. The van der Waals surface area contributed by atoms with Crippen LogP contribution in [0.3, 0.4) is 0 Å². The van der Waals surface area contributed by atoms with Gasteiger partial charge in [-0.3, -0.25) is 0 Å². The van der Waals surface area contributed by atoms with Gasteiger partial charge in [-0.2, -0.15) is 46.5 Å². The van der Waals surface area contributed by atoms with E-state index in [1.54, 1.807) is 34.4 Å². The molecular weight excluding hydrogens is 656 g/mol. The summed E-state index contributed by atoms with van der Waals surface area (Å²) in [6.45, 7) is 19.7. The zero-order valence-electron chi connectivity index (χ0n) is 30.5. The third kappa shape index (κ3) is 14.3. The Morgan fingerprint density at radius 3 is 1.17 bits per heavy atom. The van der Waals surface area contributed by atoms with Gasteiger partial charge in [-0.15, -0.1) is 0 Å². The van der Waals surface area contributed by atoms with Crippen molar-refractivity contribution < 1.29 is 33.5 Å². The molecule has 0 fully saturated rings. The van der Waals surface area contributed by atoms with Crippen LogP contribution in [-0.4, -0.2) is 17.1 Å². The molecule has 4 aromatic rings. The molecule has 4 aromatic carbocycles. The molecule has 0 unspecified atom stereocenters. The Morgan fingerprint density at radius 2 is 0.891 bits per heavy atom. The summed E-state index contributed by atoms with van der Waals surface area (Å²) < 4.78 is 0. The monoisotopic (exact) mass is 714 g/mol. The summed E-state index contributed by atoms with van der Waals surface area (Å²) in [7, 11) is 0. The van der Waals surface area contributed by atoms with Crippen molar-refractivity contribution in [3.05, 3.63) is 132 Å². The molecule has 6 rings (SSSR count). The summed E-state index contributed by atoms with van der Waals surface area (Å²) in [6, 6.07) is 24.8. The van der Waals surface area contributed by atoms with E-state index >= 15 is 0 Å². The Hall–Kier alpha value is -2.16. The van der Waals surface area contributed by atoms with Crippen LogP contribution in [-0.2, 0) is 59.8 Å². The Labute approximate surface area is 300 Å². The second-order valence-electron chi connectivity index (χ2n) is 14.1. The van der Waals surface area contributed by atoms with Crippen molar-refractivity contribution in [3.63, 3.8) is 0 Å². The first-order valence-corrected chi connectivity index (χ1v) is 20.3. The molecule has 0 spiro atoms. The minimum Gasteiger partial charge on any atom is -0.210 e. The van der Waals surface area contributed by atoms with E-state index in [-0.39, 0.29) is 25.7 Å². The fourth-order valence-electron chi connectivity index (χ4n) is 5.73. The molecule has 0 aliphatic heterocycles. The maximum absolute atomic E-state index is 9.57. The van der Waals surface area contributed by atoms with Crippen molar-refractivity contribution in [1.82, 2.24) is 0 Å². The standard InChI is InChI=1S/2C11H16O.2C9H11.2CH3.Si.Zr/c2*1-8-5-6-10(12)9(7-8)11(2,3)4;2*1-2-5-9-7-3-6-8(9)4-1;;;;/h2*5-7,12H,1-4H3;2*3,6-7H,1-2,4-5H2;2*1H3;;/q;;4*-1;;. The van der Waals surface area contributed by atoms with Crippen LogP contribution in [0.5, 0.6) is 11.5 Å².